The van der Waals surface area contributed by atoms with Gasteiger partial charge in [0.15, 0.2) is 0 Å². The highest BCUT2D eigenvalue weighted by Gasteiger charge is 2.76. The molecule has 1 rings (SSSR count). The van der Waals surface area contributed by atoms with E-state index in [2.05, 4.69) is 10.1 Å². The van der Waals surface area contributed by atoms with Gasteiger partial charge in [-0.2, -0.15) is 0 Å². The second-order valence-corrected chi connectivity index (χ2v) is 3.41. The maximum Gasteiger partial charge on any atom is 0.319 e. The van der Waals surface area contributed by atoms with Crippen LogP contribution in [0, 0.1) is 0 Å². The Kier molecular flexibility index (Phi) is 3.54. The zero-order chi connectivity index (χ0) is 13.3. The van der Waals surface area contributed by atoms with E-state index < -0.39 is 29.9 Å². The van der Waals surface area contributed by atoms with Crippen molar-refractivity contribution < 1.29 is 34.8 Å². The molecule has 0 radical (unpaired) electrons. The van der Waals surface area contributed by atoms with Gasteiger partial charge in [0.05, 0.1) is 0 Å². The number of hydrogen-bond donors (Lipinski definition) is 7. The third-order valence-corrected chi connectivity index (χ3v) is 2.04. The van der Waals surface area contributed by atoms with Crippen LogP contribution in [0.15, 0.2) is 0 Å². The van der Waals surface area contributed by atoms with Gasteiger partial charge in [-0.25, -0.2) is 4.79 Å². The number of primary amides is 1. The summed E-state index contributed by atoms with van der Waals surface area (Å²) in [6.07, 6.45) is -2.50. The molecule has 1 fully saturated rings. The molecular formula is C7H13N3O7. The fourth-order valence-corrected chi connectivity index (χ4v) is 1.04. The molecule has 1 aliphatic rings. The summed E-state index contributed by atoms with van der Waals surface area (Å²) >= 11 is 0. The van der Waals surface area contributed by atoms with Crippen LogP contribution in [0.5, 0.6) is 0 Å². The van der Waals surface area contributed by atoms with Crippen LogP contribution in [-0.2, 0) is 9.53 Å². The Hall–Kier alpha value is -1.46. The van der Waals surface area contributed by atoms with Crippen LogP contribution in [0.4, 0.5) is 4.79 Å². The van der Waals surface area contributed by atoms with Crippen molar-refractivity contribution in [3.63, 3.8) is 0 Å². The number of epoxide rings is 1. The second-order valence-electron chi connectivity index (χ2n) is 3.41. The molecule has 3 amide bonds. The van der Waals surface area contributed by atoms with E-state index in [0.717, 1.165) is 0 Å². The molecule has 8 N–H and O–H groups in total. The maximum absolute atomic E-state index is 11.1. The first-order valence-electron chi connectivity index (χ1n) is 4.56. The van der Waals surface area contributed by atoms with Crippen LogP contribution in [0.25, 0.3) is 0 Å². The fourth-order valence-electron chi connectivity index (χ4n) is 1.04. The van der Waals surface area contributed by atoms with Gasteiger partial charge in [0, 0.05) is 13.0 Å². The summed E-state index contributed by atoms with van der Waals surface area (Å²) in [4.78, 5) is 21.4. The Bertz CT molecular complexity index is 335. The molecule has 17 heavy (non-hydrogen) atoms. The average molecular weight is 251 g/mol. The Balaban J connectivity index is 2.36. The number of ether oxygens (including phenoxy) is 1. The van der Waals surface area contributed by atoms with E-state index >= 15 is 0 Å². The van der Waals surface area contributed by atoms with Crippen molar-refractivity contribution in [3.05, 3.63) is 0 Å². The van der Waals surface area contributed by atoms with Crippen molar-refractivity contribution in [2.24, 2.45) is 5.73 Å². The minimum Gasteiger partial charge on any atom is -0.370 e. The zero-order valence-electron chi connectivity index (χ0n) is 8.58. The van der Waals surface area contributed by atoms with Gasteiger partial charge in [0.25, 0.3) is 5.79 Å². The Morgan fingerprint density at radius 2 is 1.94 bits per heavy atom. The summed E-state index contributed by atoms with van der Waals surface area (Å²) in [6, 6.07) is -0.981. The lowest BCUT2D eigenvalue weighted by atomic mass is 10.3. The van der Waals surface area contributed by atoms with Gasteiger partial charge in [-0.15, -0.1) is 0 Å². The van der Waals surface area contributed by atoms with E-state index in [0.29, 0.717) is 0 Å². The first kappa shape index (κ1) is 13.6. The van der Waals surface area contributed by atoms with E-state index in [1.807, 2.05) is 0 Å². The molecule has 0 aromatic heterocycles. The largest absolute Gasteiger partial charge is 0.370 e. The fraction of sp³-hybridized carbons (Fsp3) is 0.714. The monoisotopic (exact) mass is 251 g/mol. The van der Waals surface area contributed by atoms with Crippen LogP contribution in [0.1, 0.15) is 6.42 Å². The summed E-state index contributed by atoms with van der Waals surface area (Å²) < 4.78 is 4.20. The van der Waals surface area contributed by atoms with Crippen molar-refractivity contribution in [3.8, 4) is 0 Å². The standard InChI is InChI=1S/C7H13N3O7/c8-3(11)1-2-9-5(14)10-7(16)6(15,17-7)4(12)13/h4,12-13,15-16H,1-2H2,(H2,8,11)(H2,9,10,14). The van der Waals surface area contributed by atoms with Crippen molar-refractivity contribution in [1.82, 2.24) is 10.6 Å². The molecule has 10 nitrogen and oxygen atoms in total. The maximum atomic E-state index is 11.1. The molecule has 0 aromatic rings. The van der Waals surface area contributed by atoms with Gasteiger partial charge in [-0.05, 0) is 0 Å². The number of carbonyl (C=O) groups is 2. The predicted octanol–water partition coefficient (Wildman–Crippen LogP) is -4.16. The summed E-state index contributed by atoms with van der Waals surface area (Å²) in [5.74, 6) is -5.89. The topological polar surface area (TPSA) is 178 Å². The number of nitrogens with two attached hydrogens (primary N) is 1. The molecule has 0 saturated carbocycles. The van der Waals surface area contributed by atoms with Crippen molar-refractivity contribution in [2.75, 3.05) is 6.54 Å². The van der Waals surface area contributed by atoms with Crippen LogP contribution < -0.4 is 16.4 Å². The van der Waals surface area contributed by atoms with Crippen LogP contribution in [0.3, 0.4) is 0 Å². The molecule has 98 valence electrons. The highest BCUT2D eigenvalue weighted by molar-refractivity contribution is 5.77. The van der Waals surface area contributed by atoms with Crippen LogP contribution >= 0.6 is 0 Å². The van der Waals surface area contributed by atoms with E-state index in [9.17, 15) is 19.8 Å². The van der Waals surface area contributed by atoms with Gasteiger partial charge in [-0.1, -0.05) is 0 Å². The lowest BCUT2D eigenvalue weighted by Gasteiger charge is -2.13. The molecular weight excluding hydrogens is 238 g/mol. The van der Waals surface area contributed by atoms with E-state index in [1.165, 1.54) is 0 Å². The number of rotatable bonds is 5. The van der Waals surface area contributed by atoms with E-state index in [4.69, 9.17) is 15.9 Å². The molecule has 0 aromatic carbocycles. The van der Waals surface area contributed by atoms with Gasteiger partial charge in [0.2, 0.25) is 12.2 Å². The third-order valence-electron chi connectivity index (χ3n) is 2.04. The molecule has 1 aliphatic heterocycles. The average Bonchev–Trinajstić information content (AvgIpc) is 2.69. The quantitative estimate of drug-likeness (QED) is 0.191. The number of aliphatic hydroxyl groups is 4. The van der Waals surface area contributed by atoms with Crippen molar-refractivity contribution in [2.45, 2.75) is 24.4 Å². The second kappa shape index (κ2) is 4.43. The lowest BCUT2D eigenvalue weighted by Crippen LogP contribution is -2.51. The lowest BCUT2D eigenvalue weighted by molar-refractivity contribution is -0.185. The van der Waals surface area contributed by atoms with Crippen molar-refractivity contribution >= 4 is 11.9 Å². The summed E-state index contributed by atoms with van der Waals surface area (Å²) in [5, 5.41) is 39.7. The molecule has 10 heteroatoms. The molecule has 0 bridgehead atoms. The number of urea groups is 1. The molecule has 1 saturated heterocycles. The first-order chi connectivity index (χ1) is 7.71. The van der Waals surface area contributed by atoms with E-state index in [-0.39, 0.29) is 13.0 Å². The normalized spacial score (nSPS) is 31.1. The highest BCUT2D eigenvalue weighted by Crippen LogP contribution is 2.43. The number of hydrogen-bond acceptors (Lipinski definition) is 7. The number of nitrogens with one attached hydrogen (secondary N) is 2. The van der Waals surface area contributed by atoms with E-state index in [1.54, 1.807) is 5.32 Å². The zero-order valence-corrected chi connectivity index (χ0v) is 8.58. The first-order valence-corrected chi connectivity index (χ1v) is 4.56. The SMILES string of the molecule is NC(=O)CCNC(=O)NC1(O)OC1(O)C(O)O. The number of aliphatic hydroxyl groups excluding tert-OH is 1. The minimum atomic E-state index is -2.67. The van der Waals surface area contributed by atoms with Gasteiger partial charge >= 0.3 is 11.9 Å². The molecule has 0 spiro atoms. The molecule has 0 aliphatic carbocycles. The van der Waals surface area contributed by atoms with Gasteiger partial charge in [-0.3, -0.25) is 14.8 Å². The highest BCUT2D eigenvalue weighted by atomic mass is 16.9. The Morgan fingerprint density at radius 3 is 2.35 bits per heavy atom. The summed E-state index contributed by atoms with van der Waals surface area (Å²) in [6.45, 7) is -0.0860. The summed E-state index contributed by atoms with van der Waals surface area (Å²) in [5.41, 5.74) is 4.81. The molecule has 1 heterocycles. The summed E-state index contributed by atoms with van der Waals surface area (Å²) in [7, 11) is 0. The molecule has 2 unspecified atom stereocenters. The number of amides is 3. The van der Waals surface area contributed by atoms with Crippen molar-refractivity contribution in [1.29, 1.82) is 0 Å². The third kappa shape index (κ3) is 2.81. The minimum absolute atomic E-state index is 0.0860. The van der Waals surface area contributed by atoms with Crippen LogP contribution in [-0.4, -0.2) is 56.9 Å². The Labute approximate surface area is 95.0 Å². The van der Waals surface area contributed by atoms with Gasteiger partial charge in [0.1, 0.15) is 0 Å². The number of carbonyl (C=O) groups excluding carboxylic acids is 2. The van der Waals surface area contributed by atoms with Crippen LogP contribution in [0.2, 0.25) is 0 Å². The van der Waals surface area contributed by atoms with Gasteiger partial charge < -0.3 is 31.5 Å². The smallest absolute Gasteiger partial charge is 0.319 e. The predicted molar refractivity (Wildman–Crippen MR) is 49.6 cm³/mol. The molecule has 2 atom stereocenters. The Morgan fingerprint density at radius 1 is 1.35 bits per heavy atom.